The Bertz CT molecular complexity index is 884. The van der Waals surface area contributed by atoms with Gasteiger partial charge < -0.3 is 14.6 Å². The molecule has 4 rings (SSSR count). The number of benzene rings is 1. The number of aliphatic hydroxyl groups excluding tert-OH is 1. The molecule has 3 aromatic rings. The number of hydrogen-bond acceptors (Lipinski definition) is 3. The highest BCUT2D eigenvalue weighted by Crippen LogP contribution is 2.32. The number of hydrogen-bond donors (Lipinski definition) is 1. The number of nitrogens with zero attached hydrogens (tertiary/aromatic N) is 3. The van der Waals surface area contributed by atoms with Crippen LogP contribution in [0.25, 0.3) is 10.9 Å². The zero-order valence-electron chi connectivity index (χ0n) is 14.2. The van der Waals surface area contributed by atoms with Crippen LogP contribution in [0.2, 0.25) is 0 Å². The van der Waals surface area contributed by atoms with Crippen LogP contribution in [0.5, 0.6) is 0 Å². The fourth-order valence-electron chi connectivity index (χ4n) is 3.86. The summed E-state index contributed by atoms with van der Waals surface area (Å²) in [7, 11) is 0. The third-order valence-electron chi connectivity index (χ3n) is 5.07. The van der Waals surface area contributed by atoms with Crippen molar-refractivity contribution < 1.29 is 5.11 Å². The number of anilines is 1. The lowest BCUT2D eigenvalue weighted by molar-refractivity contribution is 0.240. The van der Waals surface area contributed by atoms with Crippen molar-refractivity contribution in [2.24, 2.45) is 0 Å². The van der Waals surface area contributed by atoms with E-state index in [1.807, 2.05) is 13.1 Å². The smallest absolute Gasteiger partial charge is 0.138 e. The molecule has 1 N–H and O–H groups in total. The highest BCUT2D eigenvalue weighted by molar-refractivity contribution is 5.91. The van der Waals surface area contributed by atoms with E-state index in [4.69, 9.17) is 4.98 Å². The minimum atomic E-state index is 0.0693. The summed E-state index contributed by atoms with van der Waals surface area (Å²) in [5.41, 5.74) is 5.15. The predicted molar refractivity (Wildman–Crippen MR) is 97.5 cm³/mol. The molecule has 1 atom stereocenters. The van der Waals surface area contributed by atoms with E-state index in [0.717, 1.165) is 30.8 Å². The highest BCUT2D eigenvalue weighted by Gasteiger charge is 2.21. The van der Waals surface area contributed by atoms with Gasteiger partial charge in [0.25, 0.3) is 0 Å². The standard InChI is InChI=1S/C20H23N3O/c1-14-11-18-19(23(14)15(2)13-24)7-9-21-20(18)22-10-8-16-5-3-4-6-17(16)12-22/h3-7,9,11,15,24H,8,10,12-13H2,1-2H3. The molecule has 0 bridgehead atoms. The molecule has 1 aliphatic heterocycles. The largest absolute Gasteiger partial charge is 0.394 e. The molecule has 0 radical (unpaired) electrons. The fraction of sp³-hybridized carbons (Fsp3) is 0.350. The summed E-state index contributed by atoms with van der Waals surface area (Å²) in [4.78, 5) is 7.07. The maximum absolute atomic E-state index is 9.57. The van der Waals surface area contributed by atoms with Gasteiger partial charge in [-0.3, -0.25) is 0 Å². The Hall–Kier alpha value is -2.33. The van der Waals surface area contributed by atoms with Crippen molar-refractivity contribution in [2.75, 3.05) is 18.1 Å². The van der Waals surface area contributed by atoms with Gasteiger partial charge in [0.15, 0.2) is 0 Å². The second kappa shape index (κ2) is 5.95. The van der Waals surface area contributed by atoms with Crippen molar-refractivity contribution in [3.63, 3.8) is 0 Å². The van der Waals surface area contributed by atoms with Crippen molar-refractivity contribution in [2.45, 2.75) is 32.9 Å². The van der Waals surface area contributed by atoms with Gasteiger partial charge in [-0.15, -0.1) is 0 Å². The maximum atomic E-state index is 9.57. The molecule has 3 heterocycles. The SMILES string of the molecule is Cc1cc2c(N3CCc4ccccc4C3)nccc2n1C(C)CO. The lowest BCUT2D eigenvalue weighted by Crippen LogP contribution is -2.31. The molecule has 4 nitrogen and oxygen atoms in total. The lowest BCUT2D eigenvalue weighted by atomic mass is 10.00. The van der Waals surface area contributed by atoms with Crippen LogP contribution in [0, 0.1) is 6.92 Å². The maximum Gasteiger partial charge on any atom is 0.138 e. The normalized spacial score (nSPS) is 15.5. The number of fused-ring (bicyclic) bond motifs is 2. The van der Waals surface area contributed by atoms with E-state index in [0.29, 0.717) is 0 Å². The van der Waals surface area contributed by atoms with E-state index >= 15 is 0 Å². The molecule has 0 fully saturated rings. The highest BCUT2D eigenvalue weighted by atomic mass is 16.3. The Kier molecular flexibility index (Phi) is 3.77. The number of pyridine rings is 1. The van der Waals surface area contributed by atoms with Gasteiger partial charge in [0.2, 0.25) is 0 Å². The Morgan fingerprint density at radius 2 is 2.00 bits per heavy atom. The summed E-state index contributed by atoms with van der Waals surface area (Å²) < 4.78 is 2.21. The molecule has 1 unspecified atom stereocenters. The number of aryl methyl sites for hydroxylation is 1. The van der Waals surface area contributed by atoms with E-state index in [-0.39, 0.29) is 12.6 Å². The Balaban J connectivity index is 1.78. The van der Waals surface area contributed by atoms with Crippen LogP contribution < -0.4 is 4.90 Å². The minimum absolute atomic E-state index is 0.0693. The van der Waals surface area contributed by atoms with Crippen molar-refractivity contribution in [3.8, 4) is 0 Å². The molecule has 24 heavy (non-hydrogen) atoms. The minimum Gasteiger partial charge on any atom is -0.394 e. The molecule has 1 aromatic carbocycles. The van der Waals surface area contributed by atoms with E-state index < -0.39 is 0 Å². The first kappa shape index (κ1) is 15.2. The van der Waals surface area contributed by atoms with E-state index in [9.17, 15) is 5.11 Å². The van der Waals surface area contributed by atoms with Gasteiger partial charge in [-0.1, -0.05) is 24.3 Å². The zero-order valence-corrected chi connectivity index (χ0v) is 14.2. The van der Waals surface area contributed by atoms with Crippen LogP contribution in [-0.2, 0) is 13.0 Å². The zero-order chi connectivity index (χ0) is 16.7. The number of rotatable bonds is 3. The predicted octanol–water partition coefficient (Wildman–Crippen LogP) is 3.46. The molecule has 0 aliphatic carbocycles. The molecule has 0 amide bonds. The van der Waals surface area contributed by atoms with Gasteiger partial charge in [-0.05, 0) is 43.5 Å². The summed E-state index contributed by atoms with van der Waals surface area (Å²) >= 11 is 0. The molecular weight excluding hydrogens is 298 g/mol. The second-order valence-corrected chi connectivity index (χ2v) is 6.69. The Labute approximate surface area is 142 Å². The van der Waals surface area contributed by atoms with Crippen LogP contribution in [-0.4, -0.2) is 27.8 Å². The van der Waals surface area contributed by atoms with Crippen molar-refractivity contribution >= 4 is 16.7 Å². The average molecular weight is 321 g/mol. The monoisotopic (exact) mass is 321 g/mol. The quantitative estimate of drug-likeness (QED) is 0.803. The molecule has 0 saturated carbocycles. The van der Waals surface area contributed by atoms with Gasteiger partial charge in [-0.2, -0.15) is 0 Å². The second-order valence-electron chi connectivity index (χ2n) is 6.69. The number of aliphatic hydroxyl groups is 1. The first-order valence-corrected chi connectivity index (χ1v) is 8.58. The van der Waals surface area contributed by atoms with E-state index in [1.54, 1.807) is 0 Å². The van der Waals surface area contributed by atoms with Gasteiger partial charge in [0.05, 0.1) is 18.2 Å². The van der Waals surface area contributed by atoms with E-state index in [1.165, 1.54) is 22.2 Å². The Morgan fingerprint density at radius 3 is 2.79 bits per heavy atom. The lowest BCUT2D eigenvalue weighted by Gasteiger charge is -2.30. The van der Waals surface area contributed by atoms with Crippen molar-refractivity contribution in [1.82, 2.24) is 9.55 Å². The van der Waals surface area contributed by atoms with Gasteiger partial charge in [0.1, 0.15) is 5.82 Å². The van der Waals surface area contributed by atoms with Crippen LogP contribution in [0.1, 0.15) is 29.8 Å². The molecule has 124 valence electrons. The Morgan fingerprint density at radius 1 is 1.21 bits per heavy atom. The summed E-state index contributed by atoms with van der Waals surface area (Å²) in [6, 6.07) is 13.0. The summed E-state index contributed by atoms with van der Waals surface area (Å²) in [6.45, 7) is 6.18. The van der Waals surface area contributed by atoms with E-state index in [2.05, 4.69) is 52.8 Å². The first-order chi connectivity index (χ1) is 11.7. The summed E-state index contributed by atoms with van der Waals surface area (Å²) in [5.74, 6) is 1.05. The topological polar surface area (TPSA) is 41.3 Å². The fourth-order valence-corrected chi connectivity index (χ4v) is 3.86. The molecule has 1 aliphatic rings. The van der Waals surface area contributed by atoms with Crippen molar-refractivity contribution in [1.29, 1.82) is 0 Å². The third kappa shape index (κ3) is 2.38. The van der Waals surface area contributed by atoms with Crippen molar-refractivity contribution in [3.05, 3.63) is 59.4 Å². The molecule has 2 aromatic heterocycles. The van der Waals surface area contributed by atoms with Crippen LogP contribution in [0.4, 0.5) is 5.82 Å². The van der Waals surface area contributed by atoms with Crippen LogP contribution in [0.15, 0.2) is 42.6 Å². The van der Waals surface area contributed by atoms with Gasteiger partial charge in [0, 0.05) is 30.4 Å². The summed E-state index contributed by atoms with van der Waals surface area (Å²) in [5, 5.41) is 10.7. The number of aromatic nitrogens is 2. The first-order valence-electron chi connectivity index (χ1n) is 8.58. The molecule has 0 saturated heterocycles. The van der Waals surface area contributed by atoms with Gasteiger partial charge in [-0.25, -0.2) is 4.98 Å². The third-order valence-corrected chi connectivity index (χ3v) is 5.07. The van der Waals surface area contributed by atoms with Crippen LogP contribution >= 0.6 is 0 Å². The molecule has 0 spiro atoms. The molecule has 4 heteroatoms. The molecular formula is C20H23N3O. The average Bonchev–Trinajstić information content (AvgIpc) is 2.96. The van der Waals surface area contributed by atoms with Crippen LogP contribution in [0.3, 0.4) is 0 Å². The van der Waals surface area contributed by atoms with Gasteiger partial charge >= 0.3 is 0 Å². The summed E-state index contributed by atoms with van der Waals surface area (Å²) in [6.07, 6.45) is 2.94.